The molecule has 1 aliphatic carbocycles. The molecule has 0 aromatic carbocycles. The Morgan fingerprint density at radius 3 is 2.35 bits per heavy atom. The van der Waals surface area contributed by atoms with E-state index < -0.39 is 17.9 Å². The average molecular weight is 713 g/mol. The van der Waals surface area contributed by atoms with Crippen molar-refractivity contribution in [1.29, 1.82) is 0 Å². The van der Waals surface area contributed by atoms with Crippen LogP contribution in [0.15, 0.2) is 23.9 Å². The summed E-state index contributed by atoms with van der Waals surface area (Å²) in [6.45, 7) is 18.7. The number of carbonyl (C=O) groups excluding carboxylic acids is 2. The first-order chi connectivity index (χ1) is 24.4. The first-order valence-electron chi connectivity index (χ1n) is 18.0. The standard InChI is InChI=1S/C42H48N4O5.Mg/c1-10-13-21(4)16-17-51-35(47)15-14-28-24(7)31-18-29-22(5)26(11-2)33(43-29)19-30-23(6)27(12-3)34(44-30)20-32-25(8)36-40(46-32)37(39(28)45-31)38(41(36)48)42(49)50-9;/h11,16,18-20,24,28,38-39,48H,2,10,12-15,17H2,1,3-9H3;/q-4;+2/b21-16+,30-19-,31-18+,34-20-;/t24-,28-,38+,39?;/m0./s1. The summed E-state index contributed by atoms with van der Waals surface area (Å²) in [7, 11) is 1.32. The number of aliphatic hydroxyl groups is 1. The summed E-state index contributed by atoms with van der Waals surface area (Å²) >= 11 is 0. The molecule has 3 aromatic heterocycles. The fourth-order valence-electron chi connectivity index (χ4n) is 8.04. The van der Waals surface area contributed by atoms with Gasteiger partial charge in [-0.3, -0.25) is 9.59 Å². The van der Waals surface area contributed by atoms with Crippen molar-refractivity contribution < 1.29 is 24.2 Å². The van der Waals surface area contributed by atoms with E-state index in [9.17, 15) is 14.7 Å². The van der Waals surface area contributed by atoms with Gasteiger partial charge in [-0.1, -0.05) is 97.5 Å². The van der Waals surface area contributed by atoms with E-state index in [0.717, 1.165) is 74.9 Å². The van der Waals surface area contributed by atoms with Crippen LogP contribution in [0.5, 0.6) is 0 Å². The molecule has 3 aliphatic rings. The summed E-state index contributed by atoms with van der Waals surface area (Å²) in [6, 6.07) is -0.564. The van der Waals surface area contributed by atoms with Crippen LogP contribution in [0.3, 0.4) is 0 Å². The number of hydrogen-bond donors (Lipinski definition) is 1. The van der Waals surface area contributed by atoms with Gasteiger partial charge in [-0.2, -0.15) is 5.70 Å². The molecule has 5 heterocycles. The molecule has 1 saturated heterocycles. The second-order valence-electron chi connectivity index (χ2n) is 14.0. The maximum Gasteiger partial charge on any atom is 2.00 e. The number of aromatic nitrogens is 3. The first kappa shape index (κ1) is 39.1. The molecule has 4 atom stereocenters. The number of rotatable bonds is 10. The predicted octanol–water partition coefficient (Wildman–Crippen LogP) is 4.02. The smallest absolute Gasteiger partial charge is 0.681 e. The van der Waals surface area contributed by atoms with Crippen LogP contribution in [-0.2, 0) is 25.5 Å². The number of aliphatic hydroxyl groups excluding tert-OH is 1. The fourth-order valence-corrected chi connectivity index (χ4v) is 8.04. The Hall–Kier alpha value is -4.15. The van der Waals surface area contributed by atoms with Crippen molar-refractivity contribution in [3.05, 3.63) is 95.4 Å². The Morgan fingerprint density at radius 1 is 0.962 bits per heavy atom. The minimum absolute atomic E-state index is 0. The summed E-state index contributed by atoms with van der Waals surface area (Å²) in [5, 5.41) is 19.8. The van der Waals surface area contributed by atoms with Gasteiger partial charge < -0.3 is 34.8 Å². The number of fused-ring (bicyclic) bond motifs is 8. The van der Waals surface area contributed by atoms with E-state index in [2.05, 4.69) is 34.3 Å². The van der Waals surface area contributed by atoms with Crippen LogP contribution in [0.4, 0.5) is 0 Å². The molecule has 0 saturated carbocycles. The van der Waals surface area contributed by atoms with Gasteiger partial charge in [0.15, 0.2) is 0 Å². The van der Waals surface area contributed by atoms with E-state index >= 15 is 0 Å². The number of carbonyl (C=O) groups is 2. The number of ether oxygens (including phenoxy) is 2. The minimum Gasteiger partial charge on any atom is -0.681 e. The van der Waals surface area contributed by atoms with Crippen molar-refractivity contribution in [2.45, 2.75) is 86.6 Å². The quantitative estimate of drug-likeness (QED) is 0.190. The molecule has 1 N–H and O–H groups in total. The molecular formula is C42H48MgN4O5-2. The topological polar surface area (TPSA) is 129 Å². The number of allylic oxidation sites excluding steroid dienone is 2. The normalized spacial score (nSPS) is 22.7. The molecule has 52 heavy (non-hydrogen) atoms. The molecule has 270 valence electrons. The largest absolute Gasteiger partial charge is 2.00 e. The third-order valence-corrected chi connectivity index (χ3v) is 11.0. The minimum atomic E-state index is -1.06. The van der Waals surface area contributed by atoms with Crippen LogP contribution in [0, 0.1) is 38.5 Å². The van der Waals surface area contributed by atoms with Crippen molar-refractivity contribution in [3.8, 4) is 0 Å². The van der Waals surface area contributed by atoms with Gasteiger partial charge in [-0.25, -0.2) is 0 Å². The van der Waals surface area contributed by atoms with E-state index in [0.29, 0.717) is 28.3 Å². The van der Waals surface area contributed by atoms with Crippen molar-refractivity contribution in [2.75, 3.05) is 13.7 Å². The molecular weight excluding hydrogens is 665 g/mol. The summed E-state index contributed by atoms with van der Waals surface area (Å²) in [6.07, 6.45) is 13.2. The van der Waals surface area contributed by atoms with Crippen LogP contribution < -0.4 is 36.2 Å². The van der Waals surface area contributed by atoms with Crippen LogP contribution in [-0.4, -0.2) is 59.9 Å². The summed E-state index contributed by atoms with van der Waals surface area (Å²) in [5.74, 6) is -2.34. The molecule has 3 aromatic rings. The molecule has 0 amide bonds. The van der Waals surface area contributed by atoms with E-state index in [1.54, 1.807) is 0 Å². The van der Waals surface area contributed by atoms with Crippen LogP contribution in [0.1, 0.15) is 98.3 Å². The zero-order chi connectivity index (χ0) is 36.7. The Kier molecular flexibility index (Phi) is 11.9. The maximum atomic E-state index is 13.5. The van der Waals surface area contributed by atoms with Gasteiger partial charge in [0.05, 0.1) is 7.11 Å². The molecule has 0 spiro atoms. The average Bonchev–Trinajstić information content (AvgIpc) is 3.84. The molecule has 1 fully saturated rings. The van der Waals surface area contributed by atoms with Crippen molar-refractivity contribution in [1.82, 2.24) is 15.0 Å². The zero-order valence-electron chi connectivity index (χ0n) is 31.7. The molecule has 2 aliphatic heterocycles. The second-order valence-corrected chi connectivity index (χ2v) is 14.0. The number of nitrogens with zero attached hydrogens (tertiary/aromatic N) is 4. The Bertz CT molecular complexity index is 2230. The number of methoxy groups -OCH3 is 1. The van der Waals surface area contributed by atoms with Gasteiger partial charge in [-0.05, 0) is 70.4 Å². The summed E-state index contributed by atoms with van der Waals surface area (Å²) in [4.78, 5) is 41.7. The molecule has 0 radical (unpaired) electrons. The van der Waals surface area contributed by atoms with E-state index in [-0.39, 0.29) is 59.6 Å². The number of esters is 2. The van der Waals surface area contributed by atoms with Crippen molar-refractivity contribution in [3.63, 3.8) is 0 Å². The van der Waals surface area contributed by atoms with Gasteiger partial charge in [0.2, 0.25) is 0 Å². The Labute approximate surface area is 321 Å². The van der Waals surface area contributed by atoms with Gasteiger partial charge in [0.25, 0.3) is 0 Å². The van der Waals surface area contributed by atoms with Crippen molar-refractivity contribution in [2.24, 2.45) is 17.8 Å². The Morgan fingerprint density at radius 2 is 1.67 bits per heavy atom. The van der Waals surface area contributed by atoms with Crippen LogP contribution in [0.25, 0.3) is 41.0 Å². The Balaban J connectivity index is 0.00000523. The van der Waals surface area contributed by atoms with Gasteiger partial charge >= 0.3 is 35.0 Å². The molecule has 9 nitrogen and oxygen atoms in total. The van der Waals surface area contributed by atoms with Gasteiger partial charge in [0.1, 0.15) is 18.3 Å². The molecule has 6 rings (SSSR count). The van der Waals surface area contributed by atoms with E-state index in [1.807, 2.05) is 51.2 Å². The predicted molar refractivity (Wildman–Crippen MR) is 206 cm³/mol. The maximum absolute atomic E-state index is 13.5. The number of hydrogen-bond acceptors (Lipinski definition) is 5. The van der Waals surface area contributed by atoms with Crippen LogP contribution in [0.2, 0.25) is 0 Å². The molecule has 8 bridgehead atoms. The zero-order valence-corrected chi connectivity index (χ0v) is 33.1. The fraction of sp³-hybridized carbons (Fsp3) is 0.429. The van der Waals surface area contributed by atoms with Crippen LogP contribution >= 0.6 is 0 Å². The second kappa shape index (κ2) is 15.8. The summed E-state index contributed by atoms with van der Waals surface area (Å²) < 4.78 is 10.9. The first-order valence-corrected chi connectivity index (χ1v) is 18.0. The van der Waals surface area contributed by atoms with Gasteiger partial charge in [0, 0.05) is 11.6 Å². The van der Waals surface area contributed by atoms with Crippen molar-refractivity contribution >= 4 is 70.6 Å². The third-order valence-electron chi connectivity index (χ3n) is 11.0. The SMILES string of the molecule is C=Cc1c2[n-]c(c1C)/C=C1/[N-]C(C3=c4[n-]c(c(C)c4=C(O)[C@@H]3C(=O)OC)/C=c3\[n-]/c(c(C)c3CC)=C\2)[C@@H](CCC(=O)OC/C=C(\C)CCC)[C@@H]1C.[Mg+2]. The third kappa shape index (κ3) is 6.87. The molecule has 1 unspecified atom stereocenters. The van der Waals surface area contributed by atoms with E-state index in [4.69, 9.17) is 29.7 Å². The monoisotopic (exact) mass is 712 g/mol. The molecule has 10 heteroatoms. The summed E-state index contributed by atoms with van der Waals surface area (Å²) in [5.41, 5.74) is 9.64. The van der Waals surface area contributed by atoms with Gasteiger partial charge in [-0.15, -0.1) is 33.1 Å². The van der Waals surface area contributed by atoms with E-state index in [1.165, 1.54) is 12.7 Å².